The van der Waals surface area contributed by atoms with Gasteiger partial charge in [0.25, 0.3) is 0 Å². The van der Waals surface area contributed by atoms with Crippen molar-refractivity contribution in [2.24, 2.45) is 22.9 Å². The Morgan fingerprint density at radius 3 is 2.88 bits per heavy atom. The van der Waals surface area contributed by atoms with E-state index in [4.69, 9.17) is 9.94 Å². The predicted octanol–water partition coefficient (Wildman–Crippen LogP) is 1.81. The topological polar surface area (TPSA) is 99.4 Å². The summed E-state index contributed by atoms with van der Waals surface area (Å²) in [6, 6.07) is 5.83. The Morgan fingerprint density at radius 2 is 2.19 bits per heavy atom. The highest BCUT2D eigenvalue weighted by Crippen LogP contribution is 2.48. The number of aryl methyl sites for hydroxylation is 2. The van der Waals surface area contributed by atoms with E-state index in [0.29, 0.717) is 12.8 Å². The number of aliphatic carboxylic acids is 1. The summed E-state index contributed by atoms with van der Waals surface area (Å²) in [5.74, 6) is 4.92. The molecule has 0 amide bonds. The lowest BCUT2D eigenvalue weighted by Crippen LogP contribution is -2.36. The van der Waals surface area contributed by atoms with Crippen molar-refractivity contribution < 1.29 is 25.0 Å². The van der Waals surface area contributed by atoms with Crippen LogP contribution < -0.4 is 0 Å². The minimum atomic E-state index is -1.07. The molecular weight excluding hydrogens is 334 g/mol. The SMILES string of the molecule is Cc1ccc(C(O)C#CC2C(O)CC3/C(=N\OCC(=O)O)CC32)c(C)c1. The van der Waals surface area contributed by atoms with Gasteiger partial charge in [-0.25, -0.2) is 4.79 Å². The summed E-state index contributed by atoms with van der Waals surface area (Å²) in [7, 11) is 0. The van der Waals surface area contributed by atoms with Crippen molar-refractivity contribution in [2.75, 3.05) is 6.61 Å². The van der Waals surface area contributed by atoms with Crippen LogP contribution in [0.5, 0.6) is 0 Å². The summed E-state index contributed by atoms with van der Waals surface area (Å²) < 4.78 is 0. The predicted molar refractivity (Wildman–Crippen MR) is 95.4 cm³/mol. The van der Waals surface area contributed by atoms with Crippen LogP contribution in [0, 0.1) is 43.4 Å². The van der Waals surface area contributed by atoms with E-state index in [0.717, 1.165) is 22.4 Å². The number of hydrogen-bond acceptors (Lipinski definition) is 5. The second kappa shape index (κ2) is 7.48. The first-order valence-electron chi connectivity index (χ1n) is 8.71. The zero-order valence-corrected chi connectivity index (χ0v) is 14.8. The first-order valence-corrected chi connectivity index (χ1v) is 8.71. The second-order valence-electron chi connectivity index (χ2n) is 7.10. The zero-order valence-electron chi connectivity index (χ0n) is 14.8. The van der Waals surface area contributed by atoms with Gasteiger partial charge in [-0.1, -0.05) is 40.8 Å². The fourth-order valence-electron chi connectivity index (χ4n) is 3.87. The molecule has 6 heteroatoms. The number of fused-ring (bicyclic) bond motifs is 1. The van der Waals surface area contributed by atoms with Gasteiger partial charge in [0.05, 0.1) is 17.7 Å². The van der Waals surface area contributed by atoms with Crippen molar-refractivity contribution in [3.8, 4) is 11.8 Å². The molecule has 1 aromatic rings. The van der Waals surface area contributed by atoms with Crippen LogP contribution in [-0.2, 0) is 9.63 Å². The van der Waals surface area contributed by atoms with Crippen molar-refractivity contribution in [3.63, 3.8) is 0 Å². The standard InChI is InChI=1S/C20H23NO5/c1-11-3-4-13(12(2)7-11)18(22)6-5-14-15-8-17(16(15)9-19(14)23)21-26-10-20(24)25/h3-4,7,14-16,18-19,22-23H,8-10H2,1-2H3,(H,24,25)/b21-17-. The third-order valence-electron chi connectivity index (χ3n) is 5.24. The van der Waals surface area contributed by atoms with Crippen molar-refractivity contribution in [1.82, 2.24) is 0 Å². The first kappa shape index (κ1) is 18.4. The maximum atomic E-state index is 10.5. The molecule has 0 heterocycles. The molecule has 0 aromatic heterocycles. The van der Waals surface area contributed by atoms with E-state index in [1.54, 1.807) is 0 Å². The van der Waals surface area contributed by atoms with Gasteiger partial charge in [-0.3, -0.25) is 0 Å². The number of carboxylic acids is 1. The van der Waals surface area contributed by atoms with Crippen molar-refractivity contribution in [2.45, 2.75) is 38.9 Å². The minimum absolute atomic E-state index is 0.0800. The van der Waals surface area contributed by atoms with Crippen LogP contribution in [0.3, 0.4) is 0 Å². The van der Waals surface area contributed by atoms with Gasteiger partial charge in [0.2, 0.25) is 6.61 Å². The van der Waals surface area contributed by atoms with Gasteiger partial charge in [-0.05, 0) is 43.7 Å². The lowest BCUT2D eigenvalue weighted by atomic mass is 9.71. The average molecular weight is 357 g/mol. The minimum Gasteiger partial charge on any atom is -0.479 e. The zero-order chi connectivity index (χ0) is 18.8. The molecule has 26 heavy (non-hydrogen) atoms. The number of carbonyl (C=O) groups is 1. The lowest BCUT2D eigenvalue weighted by molar-refractivity contribution is -0.142. The Morgan fingerprint density at radius 1 is 1.42 bits per heavy atom. The highest BCUT2D eigenvalue weighted by atomic mass is 16.6. The molecule has 138 valence electrons. The first-order chi connectivity index (χ1) is 12.4. The molecule has 0 aliphatic heterocycles. The van der Waals surface area contributed by atoms with E-state index in [9.17, 15) is 15.0 Å². The van der Waals surface area contributed by atoms with Gasteiger partial charge in [0.1, 0.15) is 6.10 Å². The summed E-state index contributed by atoms with van der Waals surface area (Å²) in [5.41, 5.74) is 3.69. The van der Waals surface area contributed by atoms with Crippen LogP contribution in [0.1, 0.15) is 35.6 Å². The normalized spacial score (nSPS) is 29.3. The molecule has 0 bridgehead atoms. The van der Waals surface area contributed by atoms with E-state index < -0.39 is 24.8 Å². The molecule has 3 rings (SSSR count). The van der Waals surface area contributed by atoms with Crippen LogP contribution in [-0.4, -0.2) is 39.7 Å². The lowest BCUT2D eigenvalue weighted by Gasteiger charge is -2.33. The Hall–Kier alpha value is -2.36. The summed E-state index contributed by atoms with van der Waals surface area (Å²) >= 11 is 0. The number of aliphatic hydroxyl groups is 2. The van der Waals surface area contributed by atoms with E-state index in [1.807, 2.05) is 32.0 Å². The quantitative estimate of drug-likeness (QED) is 0.564. The van der Waals surface area contributed by atoms with Gasteiger partial charge < -0.3 is 20.2 Å². The van der Waals surface area contributed by atoms with Crippen molar-refractivity contribution in [3.05, 3.63) is 34.9 Å². The smallest absolute Gasteiger partial charge is 0.344 e. The number of oxime groups is 1. The summed E-state index contributed by atoms with van der Waals surface area (Å²) in [5, 5.41) is 33.1. The number of carboxylic acid groups (broad SMARTS) is 1. The number of rotatable bonds is 4. The molecule has 2 fully saturated rings. The molecule has 1 aromatic carbocycles. The van der Waals surface area contributed by atoms with Gasteiger partial charge in [-0.15, -0.1) is 0 Å². The fraction of sp³-hybridized carbons (Fsp3) is 0.500. The van der Waals surface area contributed by atoms with Gasteiger partial charge >= 0.3 is 5.97 Å². The third-order valence-corrected chi connectivity index (χ3v) is 5.24. The Labute approximate surface area is 152 Å². The van der Waals surface area contributed by atoms with Crippen LogP contribution >= 0.6 is 0 Å². The number of aliphatic hydroxyl groups excluding tert-OH is 2. The van der Waals surface area contributed by atoms with Gasteiger partial charge in [0.15, 0.2) is 0 Å². The van der Waals surface area contributed by atoms with Crippen LogP contribution in [0.25, 0.3) is 0 Å². The van der Waals surface area contributed by atoms with E-state index in [2.05, 4.69) is 17.0 Å². The molecule has 0 spiro atoms. The second-order valence-corrected chi connectivity index (χ2v) is 7.10. The van der Waals surface area contributed by atoms with Crippen molar-refractivity contribution >= 4 is 11.7 Å². The molecule has 6 nitrogen and oxygen atoms in total. The van der Waals surface area contributed by atoms with E-state index >= 15 is 0 Å². The fourth-order valence-corrected chi connectivity index (χ4v) is 3.87. The van der Waals surface area contributed by atoms with E-state index in [1.165, 1.54) is 0 Å². The van der Waals surface area contributed by atoms with E-state index in [-0.39, 0.29) is 17.8 Å². The molecule has 2 aliphatic rings. The Bertz CT molecular complexity index is 791. The molecule has 3 N–H and O–H groups in total. The highest BCUT2D eigenvalue weighted by Gasteiger charge is 2.51. The molecule has 0 saturated heterocycles. The maximum absolute atomic E-state index is 10.5. The summed E-state index contributed by atoms with van der Waals surface area (Å²) in [4.78, 5) is 15.2. The summed E-state index contributed by atoms with van der Waals surface area (Å²) in [6.45, 7) is 3.48. The molecule has 0 radical (unpaired) electrons. The number of benzene rings is 1. The molecule has 5 atom stereocenters. The average Bonchev–Trinajstić information content (AvgIpc) is 2.80. The Balaban J connectivity index is 1.65. The van der Waals surface area contributed by atoms with Gasteiger partial charge in [0, 0.05) is 5.92 Å². The maximum Gasteiger partial charge on any atom is 0.344 e. The molecule has 5 unspecified atom stereocenters. The Kier molecular flexibility index (Phi) is 5.30. The van der Waals surface area contributed by atoms with Crippen LogP contribution in [0.15, 0.2) is 23.4 Å². The van der Waals surface area contributed by atoms with Gasteiger partial charge in [-0.2, -0.15) is 0 Å². The molecule has 2 aliphatic carbocycles. The number of nitrogens with zero attached hydrogens (tertiary/aromatic N) is 1. The largest absolute Gasteiger partial charge is 0.479 e. The highest BCUT2D eigenvalue weighted by molar-refractivity contribution is 5.93. The van der Waals surface area contributed by atoms with Crippen LogP contribution in [0.4, 0.5) is 0 Å². The van der Waals surface area contributed by atoms with Crippen molar-refractivity contribution in [1.29, 1.82) is 0 Å². The monoisotopic (exact) mass is 357 g/mol. The van der Waals surface area contributed by atoms with Crippen LogP contribution in [0.2, 0.25) is 0 Å². The number of hydrogen-bond donors (Lipinski definition) is 3. The summed E-state index contributed by atoms with van der Waals surface area (Å²) in [6.07, 6.45) is -0.274. The molecule has 2 saturated carbocycles. The molecular formula is C20H23NO5. The third kappa shape index (κ3) is 3.74.